The Morgan fingerprint density at radius 3 is 2.75 bits per heavy atom. The molecule has 0 saturated carbocycles. The summed E-state index contributed by atoms with van der Waals surface area (Å²) in [6.07, 6.45) is 2.10. The first-order chi connectivity index (χ1) is 9.56. The van der Waals surface area contributed by atoms with Crippen molar-refractivity contribution < 1.29 is 13.9 Å². The van der Waals surface area contributed by atoms with Gasteiger partial charge >= 0.3 is 0 Å². The number of hydrogen-bond acceptors (Lipinski definition) is 2. The number of carbonyl (C=O) groups is 1. The maximum atomic E-state index is 12.8. The molecule has 1 atom stereocenters. The number of benzene rings is 1. The summed E-state index contributed by atoms with van der Waals surface area (Å²) in [6, 6.07) is 6.06. The van der Waals surface area contributed by atoms with Crippen LogP contribution in [0.1, 0.15) is 26.7 Å². The molecule has 1 heterocycles. The molecule has 1 fully saturated rings. The van der Waals surface area contributed by atoms with Gasteiger partial charge in [-0.25, -0.2) is 4.39 Å². The summed E-state index contributed by atoms with van der Waals surface area (Å²) >= 11 is 0. The quantitative estimate of drug-likeness (QED) is 0.847. The van der Waals surface area contributed by atoms with Gasteiger partial charge in [0.05, 0.1) is 6.61 Å². The van der Waals surface area contributed by atoms with E-state index < -0.39 is 0 Å². The molecule has 0 N–H and O–H groups in total. The van der Waals surface area contributed by atoms with E-state index in [1.165, 1.54) is 12.1 Å². The molecule has 110 valence electrons. The van der Waals surface area contributed by atoms with Gasteiger partial charge in [0.1, 0.15) is 11.6 Å². The van der Waals surface area contributed by atoms with Crippen LogP contribution in [0, 0.1) is 17.7 Å². The van der Waals surface area contributed by atoms with Gasteiger partial charge in [0.15, 0.2) is 0 Å². The number of hydrogen-bond donors (Lipinski definition) is 0. The van der Waals surface area contributed by atoms with Crippen molar-refractivity contribution in [3.05, 3.63) is 30.1 Å². The number of piperidine rings is 1. The average molecular weight is 279 g/mol. The van der Waals surface area contributed by atoms with Crippen LogP contribution < -0.4 is 4.74 Å². The third-order valence-corrected chi connectivity index (χ3v) is 3.62. The molecule has 0 spiro atoms. The van der Waals surface area contributed by atoms with E-state index in [2.05, 4.69) is 0 Å². The minimum atomic E-state index is -0.260. The van der Waals surface area contributed by atoms with Crippen molar-refractivity contribution in [2.24, 2.45) is 11.8 Å². The zero-order valence-corrected chi connectivity index (χ0v) is 12.1. The highest BCUT2D eigenvalue weighted by molar-refractivity contribution is 5.78. The van der Waals surface area contributed by atoms with Gasteiger partial charge in [-0.3, -0.25) is 4.79 Å². The monoisotopic (exact) mass is 279 g/mol. The Morgan fingerprint density at radius 2 is 2.10 bits per heavy atom. The highest BCUT2D eigenvalue weighted by atomic mass is 19.1. The summed E-state index contributed by atoms with van der Waals surface area (Å²) < 4.78 is 18.5. The Bertz CT molecular complexity index is 444. The standard InChI is InChI=1S/C16H22FNO2/c1-12(2)16(19)18-9-3-4-13(10-18)11-20-15-7-5-14(17)6-8-15/h5-8,12-13H,3-4,9-11H2,1-2H3. The van der Waals surface area contributed by atoms with Crippen molar-refractivity contribution in [2.75, 3.05) is 19.7 Å². The van der Waals surface area contributed by atoms with Crippen molar-refractivity contribution in [3.8, 4) is 5.75 Å². The first-order valence-corrected chi connectivity index (χ1v) is 7.23. The van der Waals surface area contributed by atoms with Crippen molar-refractivity contribution in [1.29, 1.82) is 0 Å². The van der Waals surface area contributed by atoms with Crippen LogP contribution in [-0.2, 0) is 4.79 Å². The average Bonchev–Trinajstić information content (AvgIpc) is 2.46. The van der Waals surface area contributed by atoms with E-state index in [9.17, 15) is 9.18 Å². The Morgan fingerprint density at radius 1 is 1.40 bits per heavy atom. The molecule has 1 saturated heterocycles. The van der Waals surface area contributed by atoms with Gasteiger partial charge in [-0.2, -0.15) is 0 Å². The maximum absolute atomic E-state index is 12.8. The van der Waals surface area contributed by atoms with E-state index in [0.717, 1.165) is 25.9 Å². The normalized spacial score (nSPS) is 19.2. The van der Waals surface area contributed by atoms with E-state index >= 15 is 0 Å². The summed E-state index contributed by atoms with van der Waals surface area (Å²) in [7, 11) is 0. The van der Waals surface area contributed by atoms with Crippen molar-refractivity contribution in [1.82, 2.24) is 4.90 Å². The van der Waals surface area contributed by atoms with Crippen LogP contribution >= 0.6 is 0 Å². The molecule has 1 aliphatic rings. The summed E-state index contributed by atoms with van der Waals surface area (Å²) in [6.45, 7) is 6.05. The van der Waals surface area contributed by atoms with Crippen molar-refractivity contribution in [2.45, 2.75) is 26.7 Å². The topological polar surface area (TPSA) is 29.5 Å². The predicted octanol–water partition coefficient (Wildman–Crippen LogP) is 3.10. The zero-order valence-electron chi connectivity index (χ0n) is 12.1. The molecule has 0 radical (unpaired) electrons. The van der Waals surface area contributed by atoms with Crippen molar-refractivity contribution >= 4 is 5.91 Å². The van der Waals surface area contributed by atoms with Crippen LogP contribution in [-0.4, -0.2) is 30.5 Å². The van der Waals surface area contributed by atoms with E-state index in [1.54, 1.807) is 12.1 Å². The van der Waals surface area contributed by atoms with E-state index in [4.69, 9.17) is 4.74 Å². The lowest BCUT2D eigenvalue weighted by Crippen LogP contribution is -2.43. The molecule has 1 aromatic rings. The summed E-state index contributed by atoms with van der Waals surface area (Å²) in [5.41, 5.74) is 0. The third-order valence-electron chi connectivity index (χ3n) is 3.62. The van der Waals surface area contributed by atoms with Crippen LogP contribution in [0.2, 0.25) is 0 Å². The van der Waals surface area contributed by atoms with Crippen molar-refractivity contribution in [3.63, 3.8) is 0 Å². The number of ether oxygens (including phenoxy) is 1. The second-order valence-electron chi connectivity index (χ2n) is 5.71. The molecular formula is C16H22FNO2. The van der Waals surface area contributed by atoms with Gasteiger partial charge in [-0.15, -0.1) is 0 Å². The number of carbonyl (C=O) groups excluding carboxylic acids is 1. The molecule has 0 bridgehead atoms. The number of amides is 1. The number of nitrogens with zero attached hydrogens (tertiary/aromatic N) is 1. The molecule has 4 heteroatoms. The van der Waals surface area contributed by atoms with E-state index in [-0.39, 0.29) is 17.6 Å². The Labute approximate surface area is 119 Å². The molecule has 1 amide bonds. The first kappa shape index (κ1) is 14.8. The molecule has 1 aromatic carbocycles. The van der Waals surface area contributed by atoms with Crippen LogP contribution in [0.15, 0.2) is 24.3 Å². The fourth-order valence-electron chi connectivity index (χ4n) is 2.51. The number of likely N-dealkylation sites (tertiary alicyclic amines) is 1. The van der Waals surface area contributed by atoms with Gasteiger partial charge in [0.2, 0.25) is 5.91 Å². The van der Waals surface area contributed by atoms with Gasteiger partial charge in [-0.05, 0) is 37.1 Å². The van der Waals surface area contributed by atoms with E-state index in [0.29, 0.717) is 18.3 Å². The highest BCUT2D eigenvalue weighted by Gasteiger charge is 2.25. The van der Waals surface area contributed by atoms with Gasteiger partial charge in [0, 0.05) is 24.9 Å². The minimum Gasteiger partial charge on any atom is -0.493 e. The molecule has 0 aliphatic carbocycles. The second-order valence-corrected chi connectivity index (χ2v) is 5.71. The largest absolute Gasteiger partial charge is 0.493 e. The molecule has 2 rings (SSSR count). The lowest BCUT2D eigenvalue weighted by atomic mass is 9.98. The molecular weight excluding hydrogens is 257 g/mol. The van der Waals surface area contributed by atoms with E-state index in [1.807, 2.05) is 18.7 Å². The molecule has 1 aliphatic heterocycles. The maximum Gasteiger partial charge on any atom is 0.225 e. The highest BCUT2D eigenvalue weighted by Crippen LogP contribution is 2.20. The van der Waals surface area contributed by atoms with Crippen LogP contribution in [0.25, 0.3) is 0 Å². The second kappa shape index (κ2) is 6.73. The fourth-order valence-corrected chi connectivity index (χ4v) is 2.51. The first-order valence-electron chi connectivity index (χ1n) is 7.23. The minimum absolute atomic E-state index is 0.0479. The SMILES string of the molecule is CC(C)C(=O)N1CCCC(COc2ccc(F)cc2)C1. The van der Waals surface area contributed by atoms with Gasteiger partial charge in [-0.1, -0.05) is 13.8 Å². The van der Waals surface area contributed by atoms with Crippen LogP contribution in [0.3, 0.4) is 0 Å². The number of rotatable bonds is 4. The predicted molar refractivity (Wildman–Crippen MR) is 76.0 cm³/mol. The van der Waals surface area contributed by atoms with Crippen LogP contribution in [0.4, 0.5) is 4.39 Å². The Balaban J connectivity index is 1.84. The van der Waals surface area contributed by atoms with Gasteiger partial charge < -0.3 is 9.64 Å². The van der Waals surface area contributed by atoms with Gasteiger partial charge in [0.25, 0.3) is 0 Å². The van der Waals surface area contributed by atoms with Crippen LogP contribution in [0.5, 0.6) is 5.75 Å². The summed E-state index contributed by atoms with van der Waals surface area (Å²) in [5, 5.41) is 0. The third kappa shape index (κ3) is 3.95. The molecule has 3 nitrogen and oxygen atoms in total. The lowest BCUT2D eigenvalue weighted by molar-refractivity contribution is -0.136. The zero-order chi connectivity index (χ0) is 14.5. The smallest absolute Gasteiger partial charge is 0.225 e. The Kier molecular flexibility index (Phi) is 4.99. The molecule has 20 heavy (non-hydrogen) atoms. The molecule has 1 unspecified atom stereocenters. The Hall–Kier alpha value is -1.58. The number of halogens is 1. The summed E-state index contributed by atoms with van der Waals surface area (Å²) in [4.78, 5) is 13.9. The molecule has 0 aromatic heterocycles. The fraction of sp³-hybridized carbons (Fsp3) is 0.562. The lowest BCUT2D eigenvalue weighted by Gasteiger charge is -2.33. The summed E-state index contributed by atoms with van der Waals surface area (Å²) in [5.74, 6) is 1.04.